The van der Waals surface area contributed by atoms with E-state index in [-0.39, 0.29) is 5.91 Å². The first kappa shape index (κ1) is 6.08. The van der Waals surface area contributed by atoms with Gasteiger partial charge in [0, 0.05) is 18.8 Å². The van der Waals surface area contributed by atoms with Crippen LogP contribution in [0.25, 0.3) is 0 Å². The molecule has 0 saturated carbocycles. The lowest BCUT2D eigenvalue weighted by Gasteiger charge is -2.09. The van der Waals surface area contributed by atoms with Crippen LogP contribution in [0.2, 0.25) is 0 Å². The number of hydrogen-bond acceptors (Lipinski definition) is 1. The number of likely N-dealkylation sites (N-methyl/N-ethyl adjacent to an activating group) is 1. The SMILES string of the molecule is C=C1C(C)=CC(=O)N1C. The zero-order valence-electron chi connectivity index (χ0n) is 5.64. The molecule has 0 aromatic rings. The molecule has 0 aliphatic carbocycles. The molecule has 2 heteroatoms. The van der Waals surface area contributed by atoms with E-state index in [1.165, 1.54) is 4.90 Å². The van der Waals surface area contributed by atoms with Crippen LogP contribution < -0.4 is 0 Å². The number of carbonyl (C=O) groups is 1. The van der Waals surface area contributed by atoms with Crippen LogP contribution in [-0.4, -0.2) is 17.9 Å². The van der Waals surface area contributed by atoms with Gasteiger partial charge in [-0.3, -0.25) is 4.79 Å². The fraction of sp³-hybridized carbons (Fsp3) is 0.286. The molecule has 1 amide bonds. The summed E-state index contributed by atoms with van der Waals surface area (Å²) in [6, 6.07) is 0. The van der Waals surface area contributed by atoms with Crippen LogP contribution >= 0.6 is 0 Å². The summed E-state index contributed by atoms with van der Waals surface area (Å²) in [7, 11) is 1.72. The van der Waals surface area contributed by atoms with Crippen molar-refractivity contribution in [3.05, 3.63) is 23.9 Å². The van der Waals surface area contributed by atoms with Gasteiger partial charge in [0.2, 0.25) is 0 Å². The molecule has 0 atom stereocenters. The summed E-state index contributed by atoms with van der Waals surface area (Å²) in [6.45, 7) is 5.58. The first-order chi connectivity index (χ1) is 4.13. The molecule has 0 aromatic carbocycles. The fourth-order valence-electron chi connectivity index (χ4n) is 0.763. The Morgan fingerprint density at radius 1 is 1.67 bits per heavy atom. The molecule has 1 rings (SSSR count). The number of nitrogens with zero attached hydrogens (tertiary/aromatic N) is 1. The molecule has 1 aliphatic rings. The monoisotopic (exact) mass is 123 g/mol. The van der Waals surface area contributed by atoms with Gasteiger partial charge < -0.3 is 4.90 Å². The van der Waals surface area contributed by atoms with Gasteiger partial charge >= 0.3 is 0 Å². The van der Waals surface area contributed by atoms with Crippen molar-refractivity contribution < 1.29 is 4.79 Å². The van der Waals surface area contributed by atoms with Crippen LogP contribution in [0.3, 0.4) is 0 Å². The average molecular weight is 123 g/mol. The van der Waals surface area contributed by atoms with E-state index >= 15 is 0 Å². The van der Waals surface area contributed by atoms with E-state index in [0.29, 0.717) is 0 Å². The maximum Gasteiger partial charge on any atom is 0.251 e. The summed E-state index contributed by atoms with van der Waals surface area (Å²) in [5, 5.41) is 0. The maximum absolute atomic E-state index is 10.8. The minimum absolute atomic E-state index is 0.0255. The molecule has 9 heavy (non-hydrogen) atoms. The van der Waals surface area contributed by atoms with E-state index in [4.69, 9.17) is 0 Å². The van der Waals surface area contributed by atoms with Gasteiger partial charge in [-0.25, -0.2) is 0 Å². The summed E-state index contributed by atoms with van der Waals surface area (Å²) >= 11 is 0. The molecule has 0 spiro atoms. The first-order valence-corrected chi connectivity index (χ1v) is 2.78. The standard InChI is InChI=1S/C7H9NO/c1-5-4-7(9)8(3)6(5)2/h4H,2H2,1,3H3. The predicted octanol–water partition coefficient (Wildman–Crippen LogP) is 0.918. The van der Waals surface area contributed by atoms with E-state index < -0.39 is 0 Å². The summed E-state index contributed by atoms with van der Waals surface area (Å²) in [6.07, 6.45) is 1.59. The molecule has 48 valence electrons. The molecule has 0 saturated heterocycles. The van der Waals surface area contributed by atoms with Crippen LogP contribution in [0.1, 0.15) is 6.92 Å². The van der Waals surface area contributed by atoms with Crippen molar-refractivity contribution in [1.29, 1.82) is 0 Å². The van der Waals surface area contributed by atoms with E-state index in [0.717, 1.165) is 11.3 Å². The third kappa shape index (κ3) is 0.762. The minimum Gasteiger partial charge on any atom is -0.312 e. The van der Waals surface area contributed by atoms with Gasteiger partial charge in [-0.05, 0) is 12.5 Å². The normalized spacial score (nSPS) is 18.9. The van der Waals surface area contributed by atoms with Gasteiger partial charge in [0.15, 0.2) is 0 Å². The lowest BCUT2D eigenvalue weighted by atomic mass is 10.3. The average Bonchev–Trinajstić information content (AvgIpc) is 1.98. The topological polar surface area (TPSA) is 20.3 Å². The molecule has 1 heterocycles. The van der Waals surface area contributed by atoms with Gasteiger partial charge in [-0.1, -0.05) is 6.58 Å². The van der Waals surface area contributed by atoms with E-state index in [1.807, 2.05) is 6.92 Å². The summed E-state index contributed by atoms with van der Waals surface area (Å²) < 4.78 is 0. The molecule has 1 aliphatic heterocycles. The Kier molecular flexibility index (Phi) is 1.16. The van der Waals surface area contributed by atoms with Crippen LogP contribution in [0.4, 0.5) is 0 Å². The first-order valence-electron chi connectivity index (χ1n) is 2.78. The van der Waals surface area contributed by atoms with Crippen molar-refractivity contribution in [2.75, 3.05) is 7.05 Å². The molecular weight excluding hydrogens is 114 g/mol. The number of allylic oxidation sites excluding steroid dienone is 1. The van der Waals surface area contributed by atoms with Gasteiger partial charge in [-0.15, -0.1) is 0 Å². The minimum atomic E-state index is 0.0255. The van der Waals surface area contributed by atoms with Gasteiger partial charge in [-0.2, -0.15) is 0 Å². The van der Waals surface area contributed by atoms with Crippen molar-refractivity contribution >= 4 is 5.91 Å². The van der Waals surface area contributed by atoms with Crippen molar-refractivity contribution in [3.8, 4) is 0 Å². The third-order valence-electron chi connectivity index (χ3n) is 1.53. The van der Waals surface area contributed by atoms with Crippen molar-refractivity contribution in [3.63, 3.8) is 0 Å². The number of carbonyl (C=O) groups excluding carboxylic acids is 1. The Morgan fingerprint density at radius 2 is 2.22 bits per heavy atom. The second kappa shape index (κ2) is 1.72. The lowest BCUT2D eigenvalue weighted by Crippen LogP contribution is -2.17. The molecular formula is C7H9NO. The van der Waals surface area contributed by atoms with Gasteiger partial charge in [0.05, 0.1) is 0 Å². The molecule has 0 aromatic heterocycles. The largest absolute Gasteiger partial charge is 0.312 e. The highest BCUT2D eigenvalue weighted by Crippen LogP contribution is 2.17. The zero-order valence-corrected chi connectivity index (χ0v) is 5.64. The van der Waals surface area contributed by atoms with Gasteiger partial charge in [0.1, 0.15) is 0 Å². The van der Waals surface area contributed by atoms with Crippen molar-refractivity contribution in [2.24, 2.45) is 0 Å². The molecule has 0 bridgehead atoms. The van der Waals surface area contributed by atoms with Crippen LogP contribution in [0.15, 0.2) is 23.9 Å². The summed E-state index contributed by atoms with van der Waals surface area (Å²) in [5.74, 6) is 0.0255. The fourth-order valence-corrected chi connectivity index (χ4v) is 0.763. The Balaban J connectivity index is 2.95. The predicted molar refractivity (Wildman–Crippen MR) is 35.7 cm³/mol. The smallest absolute Gasteiger partial charge is 0.251 e. The van der Waals surface area contributed by atoms with Crippen LogP contribution in [-0.2, 0) is 4.79 Å². The zero-order chi connectivity index (χ0) is 7.02. The Labute approximate surface area is 54.5 Å². The van der Waals surface area contributed by atoms with E-state index in [9.17, 15) is 4.79 Å². The van der Waals surface area contributed by atoms with Crippen molar-refractivity contribution in [2.45, 2.75) is 6.92 Å². The number of hydrogen-bond donors (Lipinski definition) is 0. The Morgan fingerprint density at radius 3 is 2.33 bits per heavy atom. The summed E-state index contributed by atoms with van der Waals surface area (Å²) in [4.78, 5) is 12.3. The van der Waals surface area contributed by atoms with Crippen LogP contribution in [0, 0.1) is 0 Å². The lowest BCUT2D eigenvalue weighted by molar-refractivity contribution is -0.122. The van der Waals surface area contributed by atoms with Crippen LogP contribution in [0.5, 0.6) is 0 Å². The second-order valence-electron chi connectivity index (χ2n) is 2.17. The molecule has 0 radical (unpaired) electrons. The highest BCUT2D eigenvalue weighted by molar-refractivity contribution is 5.94. The highest BCUT2D eigenvalue weighted by atomic mass is 16.2. The Bertz CT molecular complexity index is 203. The number of rotatable bonds is 0. The third-order valence-corrected chi connectivity index (χ3v) is 1.53. The molecule has 0 N–H and O–H groups in total. The molecule has 2 nitrogen and oxygen atoms in total. The van der Waals surface area contributed by atoms with Gasteiger partial charge in [0.25, 0.3) is 5.91 Å². The summed E-state index contributed by atoms with van der Waals surface area (Å²) in [5.41, 5.74) is 1.77. The number of amides is 1. The molecule has 0 fully saturated rings. The quantitative estimate of drug-likeness (QED) is 0.469. The second-order valence-corrected chi connectivity index (χ2v) is 2.17. The maximum atomic E-state index is 10.8. The molecule has 0 unspecified atom stereocenters. The Hall–Kier alpha value is -1.05. The van der Waals surface area contributed by atoms with E-state index in [1.54, 1.807) is 13.1 Å². The van der Waals surface area contributed by atoms with E-state index in [2.05, 4.69) is 6.58 Å². The highest BCUT2D eigenvalue weighted by Gasteiger charge is 2.17. The van der Waals surface area contributed by atoms with Crippen molar-refractivity contribution in [1.82, 2.24) is 4.90 Å².